The molecule has 13 heteroatoms. The van der Waals surface area contributed by atoms with E-state index in [1.807, 2.05) is 47.6 Å². The van der Waals surface area contributed by atoms with Crippen molar-refractivity contribution in [2.24, 2.45) is 0 Å². The number of hydrogen-bond donors (Lipinski definition) is 1. The van der Waals surface area contributed by atoms with Gasteiger partial charge < -0.3 is 23.9 Å². The van der Waals surface area contributed by atoms with Crippen molar-refractivity contribution in [1.29, 1.82) is 0 Å². The number of piperidine rings is 1. The van der Waals surface area contributed by atoms with Crippen molar-refractivity contribution in [3.63, 3.8) is 0 Å². The predicted octanol–water partition coefficient (Wildman–Crippen LogP) is 7.78. The Morgan fingerprint density at radius 1 is 1.04 bits per heavy atom. The molecule has 2 saturated heterocycles. The Bertz CT molecular complexity index is 2010. The monoisotopic (exact) mass is 695 g/mol. The number of carbonyl (C=O) groups excluding carboxylic acids is 1. The summed E-state index contributed by atoms with van der Waals surface area (Å²) in [4.78, 5) is 32.1. The molecule has 0 amide bonds. The molecule has 2 aliphatic rings. The van der Waals surface area contributed by atoms with Crippen LogP contribution in [-0.4, -0.2) is 48.6 Å². The second kappa shape index (κ2) is 12.5. The Labute approximate surface area is 288 Å². The van der Waals surface area contributed by atoms with Crippen LogP contribution < -0.4 is 21.1 Å². The summed E-state index contributed by atoms with van der Waals surface area (Å²) in [7, 11) is -1.09. The highest BCUT2D eigenvalue weighted by atomic mass is 35.5. The van der Waals surface area contributed by atoms with E-state index < -0.39 is 36.1 Å². The van der Waals surface area contributed by atoms with Gasteiger partial charge >= 0.3 is 7.12 Å². The summed E-state index contributed by atoms with van der Waals surface area (Å²) in [6, 6.07) is 9.20. The van der Waals surface area contributed by atoms with Crippen molar-refractivity contribution in [2.75, 3.05) is 23.3 Å². The van der Waals surface area contributed by atoms with Gasteiger partial charge in [0.25, 0.3) is 5.92 Å². The third-order valence-corrected chi connectivity index (χ3v) is 10.1. The minimum absolute atomic E-state index is 0.00733. The molecule has 2 aromatic carbocycles. The largest absolute Gasteiger partial charge is 0.498 e. The fourth-order valence-corrected chi connectivity index (χ4v) is 6.53. The average Bonchev–Trinajstić information content (AvgIpc) is 3.24. The summed E-state index contributed by atoms with van der Waals surface area (Å²) in [6.07, 6.45) is -0.107. The first kappa shape index (κ1) is 35.0. The van der Waals surface area contributed by atoms with E-state index in [1.54, 1.807) is 30.0 Å². The van der Waals surface area contributed by atoms with Crippen molar-refractivity contribution in [3.05, 3.63) is 79.8 Å². The number of nitrogens with one attached hydrogen (secondary N) is 1. The molecule has 2 aliphatic heterocycles. The van der Waals surface area contributed by atoms with Gasteiger partial charge in [-0.1, -0.05) is 17.7 Å². The molecule has 49 heavy (non-hydrogen) atoms. The fourth-order valence-electron chi connectivity index (χ4n) is 6.38. The number of alkyl halides is 2. The molecule has 0 bridgehead atoms. The topological polar surface area (TPSA) is 93.9 Å². The van der Waals surface area contributed by atoms with E-state index in [-0.39, 0.29) is 64.7 Å². The number of pyridine rings is 1. The first-order valence-corrected chi connectivity index (χ1v) is 16.6. The molecule has 1 atom stereocenters. The third kappa shape index (κ3) is 6.46. The van der Waals surface area contributed by atoms with E-state index in [9.17, 15) is 18.4 Å². The minimum atomic E-state index is -2.76. The van der Waals surface area contributed by atoms with Crippen molar-refractivity contribution < 1.29 is 31.7 Å². The van der Waals surface area contributed by atoms with Crippen LogP contribution in [0.5, 0.6) is 0 Å². The van der Waals surface area contributed by atoms with Crippen LogP contribution in [0.2, 0.25) is 5.15 Å². The predicted molar refractivity (Wildman–Crippen MR) is 186 cm³/mol. The summed E-state index contributed by atoms with van der Waals surface area (Å²) in [5.41, 5.74) is 1.50. The standard InChI is InChI=1S/C36H38BClF3N3O5/c1-19-14-24(32-25(15-19)31(46)20(2)33(47-32)44-12-10-36(40,41)11-13-44)21(3)42-27-8-9-28(38)43-30(27)22-16-23(18-45)29(26(39)17-22)37-48-34(4,5)35(6,7)49-37/h8-9,14-18,21,42H,10-13H2,1-7H3. The number of benzene rings is 2. The molecule has 2 fully saturated rings. The van der Waals surface area contributed by atoms with Gasteiger partial charge in [0.2, 0.25) is 5.88 Å². The van der Waals surface area contributed by atoms with Crippen LogP contribution >= 0.6 is 11.6 Å². The SMILES string of the molecule is Cc1cc(C(C)Nc2ccc(Cl)nc2-c2cc(F)c(B3OC(C)(C)C(C)(C)O3)c(C=O)c2)c2oc(N3CCC(F)(F)CC3)c(C)c(=O)c2c1. The molecule has 0 spiro atoms. The Balaban J connectivity index is 1.39. The van der Waals surface area contributed by atoms with Gasteiger partial charge in [-0.25, -0.2) is 18.2 Å². The molecule has 258 valence electrons. The molecule has 0 radical (unpaired) electrons. The highest BCUT2D eigenvalue weighted by Gasteiger charge is 2.53. The van der Waals surface area contributed by atoms with Crippen LogP contribution in [0, 0.1) is 19.7 Å². The number of carbonyl (C=O) groups is 1. The fraction of sp³-hybridized carbons (Fsp3) is 0.417. The lowest BCUT2D eigenvalue weighted by molar-refractivity contribution is -0.0225. The Kier molecular flexibility index (Phi) is 8.90. The van der Waals surface area contributed by atoms with Crippen molar-refractivity contribution in [1.82, 2.24) is 4.98 Å². The van der Waals surface area contributed by atoms with Crippen LogP contribution in [0.1, 0.15) is 80.6 Å². The molecule has 1 N–H and O–H groups in total. The number of anilines is 2. The van der Waals surface area contributed by atoms with Gasteiger partial charge in [0.05, 0.1) is 39.6 Å². The van der Waals surface area contributed by atoms with E-state index in [0.717, 1.165) is 5.56 Å². The molecule has 8 nitrogen and oxygen atoms in total. The van der Waals surface area contributed by atoms with Gasteiger partial charge in [-0.15, -0.1) is 0 Å². The van der Waals surface area contributed by atoms with Crippen molar-refractivity contribution in [3.8, 4) is 11.3 Å². The maximum Gasteiger partial charge on any atom is 0.498 e. The smallest absolute Gasteiger partial charge is 0.440 e. The third-order valence-electron chi connectivity index (χ3n) is 9.90. The maximum absolute atomic E-state index is 15.9. The quantitative estimate of drug-likeness (QED) is 0.119. The molecule has 2 aromatic heterocycles. The zero-order valence-electron chi connectivity index (χ0n) is 28.5. The van der Waals surface area contributed by atoms with Crippen molar-refractivity contribution >= 4 is 53.0 Å². The van der Waals surface area contributed by atoms with Gasteiger partial charge in [-0.3, -0.25) is 9.59 Å². The van der Waals surface area contributed by atoms with Crippen LogP contribution in [0.15, 0.2) is 45.6 Å². The van der Waals surface area contributed by atoms with Crippen molar-refractivity contribution in [2.45, 2.75) is 84.5 Å². The Morgan fingerprint density at radius 2 is 1.69 bits per heavy atom. The van der Waals surface area contributed by atoms with Gasteiger partial charge in [0.15, 0.2) is 5.43 Å². The van der Waals surface area contributed by atoms with Crippen LogP contribution in [-0.2, 0) is 9.31 Å². The number of aldehydes is 1. The number of halogens is 4. The number of aromatic nitrogens is 1. The van der Waals surface area contributed by atoms with Gasteiger partial charge in [-0.05, 0) is 84.4 Å². The molecule has 6 rings (SSSR count). The second-order valence-corrected chi connectivity index (χ2v) is 14.4. The molecule has 4 heterocycles. The normalized spacial score (nSPS) is 18.9. The van der Waals surface area contributed by atoms with E-state index in [4.69, 9.17) is 25.3 Å². The number of hydrogen-bond acceptors (Lipinski definition) is 8. The molecular formula is C36H38BClF3N3O5. The number of nitrogens with zero attached hydrogens (tertiary/aromatic N) is 2. The minimum Gasteiger partial charge on any atom is -0.440 e. The average molecular weight is 696 g/mol. The van der Waals surface area contributed by atoms with Gasteiger partial charge in [0, 0.05) is 48.1 Å². The molecule has 1 unspecified atom stereocenters. The zero-order valence-corrected chi connectivity index (χ0v) is 29.2. The Hall–Kier alpha value is -3.87. The molecule has 4 aromatic rings. The van der Waals surface area contributed by atoms with Gasteiger partial charge in [-0.2, -0.15) is 0 Å². The lowest BCUT2D eigenvalue weighted by Gasteiger charge is -2.33. The second-order valence-electron chi connectivity index (χ2n) is 14.0. The number of aryl methyl sites for hydroxylation is 1. The maximum atomic E-state index is 15.9. The Morgan fingerprint density at radius 3 is 2.33 bits per heavy atom. The van der Waals surface area contributed by atoms with E-state index >= 15 is 4.39 Å². The number of fused-ring (bicyclic) bond motifs is 1. The molecule has 0 aliphatic carbocycles. The van der Waals surface area contributed by atoms with Gasteiger partial charge in [0.1, 0.15) is 22.8 Å². The molecule has 0 saturated carbocycles. The summed E-state index contributed by atoms with van der Waals surface area (Å²) in [6.45, 7) is 12.9. The first-order chi connectivity index (χ1) is 22.9. The summed E-state index contributed by atoms with van der Waals surface area (Å²) in [5, 5.41) is 3.93. The lowest BCUT2D eigenvalue weighted by atomic mass is 9.75. The first-order valence-electron chi connectivity index (χ1n) is 16.2. The zero-order chi connectivity index (χ0) is 35.6. The lowest BCUT2D eigenvalue weighted by Crippen LogP contribution is -2.41. The van der Waals surface area contributed by atoms with Crippen LogP contribution in [0.4, 0.5) is 24.7 Å². The van der Waals surface area contributed by atoms with E-state index in [1.165, 1.54) is 12.1 Å². The highest BCUT2D eigenvalue weighted by Crippen LogP contribution is 2.39. The van der Waals surface area contributed by atoms with E-state index in [2.05, 4.69) is 10.3 Å². The number of rotatable bonds is 7. The highest BCUT2D eigenvalue weighted by molar-refractivity contribution is 6.63. The van der Waals surface area contributed by atoms with Crippen LogP contribution in [0.3, 0.4) is 0 Å². The van der Waals surface area contributed by atoms with E-state index in [0.29, 0.717) is 34.1 Å². The summed E-state index contributed by atoms with van der Waals surface area (Å²) in [5.74, 6) is -3.18. The van der Waals surface area contributed by atoms with Crippen LogP contribution in [0.25, 0.3) is 22.2 Å². The molecular weight excluding hydrogens is 658 g/mol. The summed E-state index contributed by atoms with van der Waals surface area (Å²) < 4.78 is 62.3. The summed E-state index contributed by atoms with van der Waals surface area (Å²) >= 11 is 6.33.